The van der Waals surface area contributed by atoms with Crippen molar-refractivity contribution in [2.75, 3.05) is 12.4 Å². The van der Waals surface area contributed by atoms with Crippen molar-refractivity contribution in [3.05, 3.63) is 65.2 Å². The lowest BCUT2D eigenvalue weighted by atomic mass is 10.1. The first-order chi connectivity index (χ1) is 13.9. The van der Waals surface area contributed by atoms with Gasteiger partial charge in [-0.25, -0.2) is 13.6 Å². The zero-order valence-electron chi connectivity index (χ0n) is 15.8. The van der Waals surface area contributed by atoms with Gasteiger partial charge in [-0.3, -0.25) is 14.2 Å². The Kier molecular flexibility index (Phi) is 6.01. The number of aromatic nitrogens is 4. The van der Waals surface area contributed by atoms with Crippen LogP contribution in [-0.4, -0.2) is 38.5 Å². The first-order valence-electron chi connectivity index (χ1n) is 8.68. The number of hydrogen-bond acceptors (Lipinski definition) is 5. The third kappa shape index (κ3) is 4.84. The van der Waals surface area contributed by atoms with Crippen LogP contribution in [0, 0.1) is 6.92 Å². The molecular formula is C19H19F2N5O3. The molecule has 152 valence electrons. The third-order valence-corrected chi connectivity index (χ3v) is 4.19. The van der Waals surface area contributed by atoms with E-state index in [0.29, 0.717) is 29.1 Å². The number of nitrogens with one attached hydrogen (secondary N) is 1. The summed E-state index contributed by atoms with van der Waals surface area (Å²) in [5, 5.41) is 10.5. The summed E-state index contributed by atoms with van der Waals surface area (Å²) >= 11 is 0. The van der Waals surface area contributed by atoms with Gasteiger partial charge in [-0.2, -0.15) is 10.2 Å². The van der Waals surface area contributed by atoms with Crippen molar-refractivity contribution in [2.45, 2.75) is 26.4 Å². The van der Waals surface area contributed by atoms with Crippen LogP contribution in [0.1, 0.15) is 33.7 Å². The third-order valence-electron chi connectivity index (χ3n) is 4.19. The smallest absolute Gasteiger partial charge is 0.338 e. The maximum Gasteiger partial charge on any atom is 0.338 e. The lowest BCUT2D eigenvalue weighted by Crippen LogP contribution is -2.20. The predicted octanol–water partition coefficient (Wildman–Crippen LogP) is 2.80. The second-order valence-corrected chi connectivity index (χ2v) is 6.29. The molecule has 0 radical (unpaired) electrons. The number of carbonyl (C=O) groups is 2. The van der Waals surface area contributed by atoms with Gasteiger partial charge in [-0.05, 0) is 24.6 Å². The van der Waals surface area contributed by atoms with E-state index in [1.54, 1.807) is 42.1 Å². The Bertz CT molecular complexity index is 1030. The summed E-state index contributed by atoms with van der Waals surface area (Å²) in [5.74, 6) is -0.870. The number of methoxy groups -OCH3 is 1. The minimum Gasteiger partial charge on any atom is -0.465 e. The summed E-state index contributed by atoms with van der Waals surface area (Å²) in [6.45, 7) is 1.70. The van der Waals surface area contributed by atoms with Crippen LogP contribution in [0.5, 0.6) is 0 Å². The van der Waals surface area contributed by atoms with Crippen LogP contribution >= 0.6 is 0 Å². The Hall–Kier alpha value is -3.56. The Balaban J connectivity index is 1.65. The number of halogens is 2. The van der Waals surface area contributed by atoms with Crippen molar-refractivity contribution in [2.24, 2.45) is 0 Å². The van der Waals surface area contributed by atoms with Crippen LogP contribution in [0.25, 0.3) is 0 Å². The summed E-state index contributed by atoms with van der Waals surface area (Å²) in [6, 6.07) is 8.23. The maximum absolute atomic E-state index is 12.7. The van der Waals surface area contributed by atoms with Crippen LogP contribution in [0.4, 0.5) is 14.5 Å². The molecule has 0 aliphatic rings. The molecular weight excluding hydrogens is 384 g/mol. The highest BCUT2D eigenvalue weighted by atomic mass is 19.3. The van der Waals surface area contributed by atoms with E-state index in [0.717, 1.165) is 0 Å². The number of esters is 1. The minimum absolute atomic E-state index is 0.199. The topological polar surface area (TPSA) is 91.0 Å². The molecule has 1 amide bonds. The van der Waals surface area contributed by atoms with Crippen LogP contribution in [0.15, 0.2) is 42.7 Å². The highest BCUT2D eigenvalue weighted by Gasteiger charge is 2.16. The number of alkyl halides is 2. The molecule has 8 nitrogen and oxygen atoms in total. The zero-order valence-corrected chi connectivity index (χ0v) is 15.8. The van der Waals surface area contributed by atoms with Gasteiger partial charge in [0.15, 0.2) is 0 Å². The lowest BCUT2D eigenvalue weighted by Gasteiger charge is -2.08. The van der Waals surface area contributed by atoms with Gasteiger partial charge < -0.3 is 10.1 Å². The second kappa shape index (κ2) is 8.63. The van der Waals surface area contributed by atoms with Crippen LogP contribution in [-0.2, 0) is 22.6 Å². The number of benzene rings is 1. The number of rotatable bonds is 7. The molecule has 0 aliphatic heterocycles. The van der Waals surface area contributed by atoms with Crippen LogP contribution < -0.4 is 5.32 Å². The molecule has 0 unspecified atom stereocenters. The monoisotopic (exact) mass is 403 g/mol. The van der Waals surface area contributed by atoms with Gasteiger partial charge in [0.05, 0.1) is 31.1 Å². The molecule has 0 aliphatic carbocycles. The average molecular weight is 403 g/mol. The van der Waals surface area contributed by atoms with E-state index >= 15 is 0 Å². The van der Waals surface area contributed by atoms with Gasteiger partial charge in [0.25, 0.3) is 6.43 Å². The Morgan fingerprint density at radius 3 is 2.72 bits per heavy atom. The fourth-order valence-corrected chi connectivity index (χ4v) is 2.80. The number of nitrogens with zero attached hydrogens (tertiary/aromatic N) is 4. The highest BCUT2D eigenvalue weighted by molar-refractivity contribution is 5.91. The molecule has 2 heterocycles. The fraction of sp³-hybridized carbons (Fsp3) is 0.263. The van der Waals surface area contributed by atoms with E-state index in [9.17, 15) is 18.4 Å². The Morgan fingerprint density at radius 2 is 2.03 bits per heavy atom. The molecule has 1 N–H and O–H groups in total. The van der Waals surface area contributed by atoms with Gasteiger partial charge in [0.1, 0.15) is 12.2 Å². The minimum atomic E-state index is -2.69. The van der Waals surface area contributed by atoms with E-state index in [1.165, 1.54) is 24.1 Å². The Labute approximate surface area is 165 Å². The largest absolute Gasteiger partial charge is 0.465 e. The summed E-state index contributed by atoms with van der Waals surface area (Å²) < 4.78 is 33.0. The number of anilines is 1. The molecule has 0 bridgehead atoms. The summed E-state index contributed by atoms with van der Waals surface area (Å²) in [4.78, 5) is 24.1. The van der Waals surface area contributed by atoms with Crippen molar-refractivity contribution in [1.29, 1.82) is 0 Å². The van der Waals surface area contributed by atoms with Gasteiger partial charge in [0, 0.05) is 11.9 Å². The van der Waals surface area contributed by atoms with E-state index in [2.05, 4.69) is 15.5 Å². The molecule has 0 fully saturated rings. The van der Waals surface area contributed by atoms with Crippen LogP contribution in [0.2, 0.25) is 0 Å². The molecule has 3 aromatic rings. The molecule has 0 atom stereocenters. The summed E-state index contributed by atoms with van der Waals surface area (Å²) in [7, 11) is 1.31. The number of carbonyl (C=O) groups excluding carboxylic acids is 2. The summed E-state index contributed by atoms with van der Waals surface area (Å²) in [6.07, 6.45) is 0.371. The molecule has 0 spiro atoms. The van der Waals surface area contributed by atoms with Gasteiger partial charge in [-0.1, -0.05) is 18.2 Å². The fourth-order valence-electron chi connectivity index (χ4n) is 2.80. The van der Waals surface area contributed by atoms with E-state index in [-0.39, 0.29) is 12.2 Å². The molecule has 0 saturated carbocycles. The second-order valence-electron chi connectivity index (χ2n) is 6.29. The number of ether oxygens (including phenoxy) is 1. The Morgan fingerprint density at radius 1 is 1.28 bits per heavy atom. The van der Waals surface area contributed by atoms with Crippen molar-refractivity contribution in [1.82, 2.24) is 19.6 Å². The van der Waals surface area contributed by atoms with Crippen molar-refractivity contribution < 1.29 is 23.1 Å². The zero-order chi connectivity index (χ0) is 21.0. The van der Waals surface area contributed by atoms with Crippen LogP contribution in [0.3, 0.4) is 0 Å². The molecule has 2 aromatic heterocycles. The molecule has 1 aromatic carbocycles. The average Bonchev–Trinajstić information content (AvgIpc) is 3.28. The SMILES string of the molecule is COC(=O)c1ccccc1Cn1cc(NC(=O)Cn2nc(C(F)F)cc2C)cn1. The standard InChI is InChI=1S/C19H19F2N5O3/c1-12-7-16(18(20)21)24-26(12)11-17(27)23-14-8-22-25(10-14)9-13-5-3-4-6-15(13)19(28)29-2/h3-8,10,18H,9,11H2,1-2H3,(H,23,27). The normalized spacial score (nSPS) is 10.9. The van der Waals surface area contributed by atoms with Crippen molar-refractivity contribution >= 4 is 17.6 Å². The number of aryl methyl sites for hydroxylation is 1. The van der Waals surface area contributed by atoms with Crippen molar-refractivity contribution in [3.63, 3.8) is 0 Å². The van der Waals surface area contributed by atoms with E-state index in [1.807, 2.05) is 0 Å². The summed E-state index contributed by atoms with van der Waals surface area (Å²) in [5.41, 5.74) is 1.68. The first kappa shape index (κ1) is 20.2. The van der Waals surface area contributed by atoms with Gasteiger partial charge in [-0.15, -0.1) is 0 Å². The molecule has 0 saturated heterocycles. The predicted molar refractivity (Wildman–Crippen MR) is 99.7 cm³/mol. The highest BCUT2D eigenvalue weighted by Crippen LogP contribution is 2.18. The molecule has 10 heteroatoms. The molecule has 3 rings (SSSR count). The van der Waals surface area contributed by atoms with Gasteiger partial charge >= 0.3 is 5.97 Å². The number of hydrogen-bond donors (Lipinski definition) is 1. The quantitative estimate of drug-likeness (QED) is 0.613. The van der Waals surface area contributed by atoms with Gasteiger partial charge in [0.2, 0.25) is 5.91 Å². The van der Waals surface area contributed by atoms with Crippen molar-refractivity contribution in [3.8, 4) is 0 Å². The van der Waals surface area contributed by atoms with E-state index in [4.69, 9.17) is 4.74 Å². The van der Waals surface area contributed by atoms with E-state index < -0.39 is 18.3 Å². The maximum atomic E-state index is 12.7. The molecule has 29 heavy (non-hydrogen) atoms. The first-order valence-corrected chi connectivity index (χ1v) is 8.68. The number of amides is 1. The lowest BCUT2D eigenvalue weighted by molar-refractivity contribution is -0.117.